The lowest BCUT2D eigenvalue weighted by atomic mass is 10.2. The smallest absolute Gasteiger partial charge is 0.234 e. The first-order chi connectivity index (χ1) is 8.08. The van der Waals surface area contributed by atoms with Crippen LogP contribution in [-0.4, -0.2) is 17.4 Å². The van der Waals surface area contributed by atoms with Crippen molar-refractivity contribution < 1.29 is 4.79 Å². The Balaban J connectivity index is 2.25. The van der Waals surface area contributed by atoms with E-state index in [1.807, 2.05) is 31.2 Å². The molecule has 3 heteroatoms. The predicted octanol–water partition coefficient (Wildman–Crippen LogP) is 3.71. The molecular formula is C14H21NOS. The number of nitrogens with one attached hydrogen (secondary N) is 1. The van der Waals surface area contributed by atoms with E-state index in [2.05, 4.69) is 19.2 Å². The van der Waals surface area contributed by atoms with Gasteiger partial charge in [-0.1, -0.05) is 26.0 Å². The van der Waals surface area contributed by atoms with E-state index in [4.69, 9.17) is 0 Å². The van der Waals surface area contributed by atoms with Crippen molar-refractivity contribution in [2.24, 2.45) is 5.92 Å². The average molecular weight is 251 g/mol. The standard InChI is InChI=1S/C14H21NOS/c1-11(2)7-8-17-10-14(16)15-13-6-4-5-12(3)9-13/h4-6,9,11H,7-8,10H2,1-3H3,(H,15,16). The molecule has 1 N–H and O–H groups in total. The summed E-state index contributed by atoms with van der Waals surface area (Å²) in [5.74, 6) is 2.39. The van der Waals surface area contributed by atoms with Crippen molar-refractivity contribution in [3.8, 4) is 0 Å². The Kier molecular flexibility index (Phi) is 6.12. The first kappa shape index (κ1) is 14.1. The molecule has 0 unspecified atom stereocenters. The molecule has 17 heavy (non-hydrogen) atoms. The summed E-state index contributed by atoms with van der Waals surface area (Å²) in [4.78, 5) is 11.6. The molecule has 0 bridgehead atoms. The topological polar surface area (TPSA) is 29.1 Å². The van der Waals surface area contributed by atoms with Crippen LogP contribution in [0.25, 0.3) is 0 Å². The molecule has 0 aliphatic carbocycles. The monoisotopic (exact) mass is 251 g/mol. The van der Waals surface area contributed by atoms with E-state index < -0.39 is 0 Å². The quantitative estimate of drug-likeness (QED) is 0.781. The lowest BCUT2D eigenvalue weighted by molar-refractivity contribution is -0.113. The molecule has 0 saturated heterocycles. The van der Waals surface area contributed by atoms with Gasteiger partial charge in [0.15, 0.2) is 0 Å². The molecule has 0 atom stereocenters. The van der Waals surface area contributed by atoms with Crippen molar-refractivity contribution in [3.63, 3.8) is 0 Å². The van der Waals surface area contributed by atoms with Crippen LogP contribution in [0, 0.1) is 12.8 Å². The molecule has 1 rings (SSSR count). The summed E-state index contributed by atoms with van der Waals surface area (Å²) in [6.45, 7) is 6.42. The first-order valence-electron chi connectivity index (χ1n) is 6.02. The van der Waals surface area contributed by atoms with E-state index in [0.29, 0.717) is 11.7 Å². The maximum Gasteiger partial charge on any atom is 0.234 e. The Morgan fingerprint density at radius 2 is 2.18 bits per heavy atom. The maximum atomic E-state index is 11.6. The summed E-state index contributed by atoms with van der Waals surface area (Å²) in [6.07, 6.45) is 1.17. The molecular weight excluding hydrogens is 230 g/mol. The number of thioether (sulfide) groups is 1. The van der Waals surface area contributed by atoms with Crippen molar-refractivity contribution in [2.75, 3.05) is 16.8 Å². The van der Waals surface area contributed by atoms with Crippen LogP contribution in [0.4, 0.5) is 5.69 Å². The summed E-state index contributed by atoms with van der Waals surface area (Å²) >= 11 is 1.70. The Bertz CT molecular complexity index is 363. The van der Waals surface area contributed by atoms with Gasteiger partial charge in [0.1, 0.15) is 0 Å². The minimum Gasteiger partial charge on any atom is -0.325 e. The Labute approximate surface area is 108 Å². The van der Waals surface area contributed by atoms with Gasteiger partial charge in [-0.05, 0) is 42.7 Å². The number of aryl methyl sites for hydroxylation is 1. The van der Waals surface area contributed by atoms with Crippen LogP contribution >= 0.6 is 11.8 Å². The SMILES string of the molecule is Cc1cccc(NC(=O)CSCCC(C)C)c1. The summed E-state index contributed by atoms with van der Waals surface area (Å²) in [6, 6.07) is 7.88. The van der Waals surface area contributed by atoms with Crippen molar-refractivity contribution in [3.05, 3.63) is 29.8 Å². The van der Waals surface area contributed by atoms with Gasteiger partial charge in [0, 0.05) is 5.69 Å². The second-order valence-corrected chi connectivity index (χ2v) is 5.76. The molecule has 0 fully saturated rings. The number of rotatable bonds is 6. The maximum absolute atomic E-state index is 11.6. The van der Waals surface area contributed by atoms with E-state index in [1.54, 1.807) is 11.8 Å². The molecule has 0 aliphatic rings. The second-order valence-electron chi connectivity index (χ2n) is 4.65. The molecule has 0 aliphatic heterocycles. The van der Waals surface area contributed by atoms with Gasteiger partial charge in [-0.15, -0.1) is 0 Å². The Morgan fingerprint density at radius 1 is 1.41 bits per heavy atom. The van der Waals surface area contributed by atoms with Gasteiger partial charge < -0.3 is 5.32 Å². The third-order valence-electron chi connectivity index (χ3n) is 2.37. The second kappa shape index (κ2) is 7.38. The van der Waals surface area contributed by atoms with Crippen molar-refractivity contribution in [1.82, 2.24) is 0 Å². The van der Waals surface area contributed by atoms with Gasteiger partial charge in [-0.2, -0.15) is 11.8 Å². The Hall–Kier alpha value is -0.960. The van der Waals surface area contributed by atoms with Crippen molar-refractivity contribution in [2.45, 2.75) is 27.2 Å². The molecule has 94 valence electrons. The highest BCUT2D eigenvalue weighted by atomic mass is 32.2. The Morgan fingerprint density at radius 3 is 2.82 bits per heavy atom. The number of amides is 1. The zero-order chi connectivity index (χ0) is 12.7. The van der Waals surface area contributed by atoms with E-state index >= 15 is 0 Å². The summed E-state index contributed by atoms with van der Waals surface area (Å²) in [7, 11) is 0. The van der Waals surface area contributed by atoms with Crippen LogP contribution in [-0.2, 0) is 4.79 Å². The van der Waals surface area contributed by atoms with E-state index in [-0.39, 0.29) is 5.91 Å². The largest absolute Gasteiger partial charge is 0.325 e. The number of hydrogen-bond donors (Lipinski definition) is 1. The fourth-order valence-electron chi connectivity index (χ4n) is 1.40. The van der Waals surface area contributed by atoms with E-state index in [0.717, 1.165) is 17.0 Å². The van der Waals surface area contributed by atoms with Crippen LogP contribution in [0.5, 0.6) is 0 Å². The van der Waals surface area contributed by atoms with Gasteiger partial charge >= 0.3 is 0 Å². The van der Waals surface area contributed by atoms with Gasteiger partial charge in [0.05, 0.1) is 5.75 Å². The van der Waals surface area contributed by atoms with Gasteiger partial charge in [-0.3, -0.25) is 4.79 Å². The fraction of sp³-hybridized carbons (Fsp3) is 0.500. The molecule has 0 aromatic heterocycles. The van der Waals surface area contributed by atoms with Gasteiger partial charge in [0.2, 0.25) is 5.91 Å². The van der Waals surface area contributed by atoms with Crippen LogP contribution in [0.2, 0.25) is 0 Å². The third-order valence-corrected chi connectivity index (χ3v) is 3.37. The number of hydrogen-bond acceptors (Lipinski definition) is 2. The lowest BCUT2D eigenvalue weighted by Crippen LogP contribution is -2.14. The molecule has 1 aromatic rings. The first-order valence-corrected chi connectivity index (χ1v) is 7.17. The minimum atomic E-state index is 0.0874. The van der Waals surface area contributed by atoms with Crippen LogP contribution < -0.4 is 5.32 Å². The lowest BCUT2D eigenvalue weighted by Gasteiger charge is -2.06. The average Bonchev–Trinajstić information content (AvgIpc) is 2.24. The highest BCUT2D eigenvalue weighted by molar-refractivity contribution is 7.99. The molecule has 0 saturated carbocycles. The molecule has 0 spiro atoms. The summed E-state index contributed by atoms with van der Waals surface area (Å²) in [5.41, 5.74) is 2.05. The van der Waals surface area contributed by atoms with Crippen LogP contribution in [0.15, 0.2) is 24.3 Å². The minimum absolute atomic E-state index is 0.0874. The normalized spacial score (nSPS) is 10.6. The fourth-order valence-corrected chi connectivity index (χ4v) is 2.44. The molecule has 2 nitrogen and oxygen atoms in total. The number of benzene rings is 1. The molecule has 1 amide bonds. The van der Waals surface area contributed by atoms with Crippen molar-refractivity contribution in [1.29, 1.82) is 0 Å². The number of carbonyl (C=O) groups excluding carboxylic acids is 1. The summed E-state index contributed by atoms with van der Waals surface area (Å²) in [5, 5.41) is 2.91. The van der Waals surface area contributed by atoms with Crippen molar-refractivity contribution >= 4 is 23.4 Å². The highest BCUT2D eigenvalue weighted by Crippen LogP contribution is 2.12. The van der Waals surface area contributed by atoms with E-state index in [1.165, 1.54) is 6.42 Å². The number of anilines is 1. The summed E-state index contributed by atoms with van der Waals surface area (Å²) < 4.78 is 0. The predicted molar refractivity (Wildman–Crippen MR) is 76.6 cm³/mol. The highest BCUT2D eigenvalue weighted by Gasteiger charge is 2.03. The zero-order valence-electron chi connectivity index (χ0n) is 10.8. The number of carbonyl (C=O) groups is 1. The van der Waals surface area contributed by atoms with E-state index in [9.17, 15) is 4.79 Å². The van der Waals surface area contributed by atoms with Crippen LogP contribution in [0.1, 0.15) is 25.8 Å². The molecule has 1 aromatic carbocycles. The van der Waals surface area contributed by atoms with Gasteiger partial charge in [0.25, 0.3) is 0 Å². The van der Waals surface area contributed by atoms with Gasteiger partial charge in [-0.25, -0.2) is 0 Å². The zero-order valence-corrected chi connectivity index (χ0v) is 11.6. The van der Waals surface area contributed by atoms with Crippen LogP contribution in [0.3, 0.4) is 0 Å². The molecule has 0 radical (unpaired) electrons. The third kappa shape index (κ3) is 6.37. The molecule has 0 heterocycles.